The molecule has 0 bridgehead atoms. The predicted octanol–water partition coefficient (Wildman–Crippen LogP) is 1.83. The zero-order valence-electron chi connectivity index (χ0n) is 9.54. The molecule has 8 heteroatoms. The molecule has 2 aromatic rings. The highest BCUT2D eigenvalue weighted by Gasteiger charge is 2.14. The molecule has 1 heterocycles. The lowest BCUT2D eigenvalue weighted by molar-refractivity contribution is -0.384. The van der Waals surface area contributed by atoms with Crippen molar-refractivity contribution in [1.82, 2.24) is 4.98 Å². The van der Waals surface area contributed by atoms with Crippen molar-refractivity contribution in [2.45, 2.75) is 6.54 Å². The number of H-pyrrole nitrogens is 1. The molecule has 0 aliphatic carbocycles. The lowest BCUT2D eigenvalue weighted by atomic mass is 10.2. The van der Waals surface area contributed by atoms with Gasteiger partial charge in [-0.1, -0.05) is 11.3 Å². The van der Waals surface area contributed by atoms with Crippen molar-refractivity contribution in [3.8, 4) is 6.07 Å². The number of rotatable bonds is 4. The standard InChI is InChI=1S/C11H8N4O3S/c12-4-7-1-2-9(10(3-7)15(17)18)13-5-8-6-19-11(16)14-8/h1-3,6,13H,5H2,(H,14,16). The summed E-state index contributed by atoms with van der Waals surface area (Å²) in [5, 5.41) is 24.1. The van der Waals surface area contributed by atoms with Gasteiger partial charge in [0.1, 0.15) is 5.69 Å². The highest BCUT2D eigenvalue weighted by Crippen LogP contribution is 2.25. The largest absolute Gasteiger partial charge is 0.374 e. The maximum Gasteiger partial charge on any atom is 0.304 e. The Bertz CT molecular complexity index is 713. The van der Waals surface area contributed by atoms with Crippen LogP contribution in [0.4, 0.5) is 11.4 Å². The molecule has 19 heavy (non-hydrogen) atoms. The molecule has 96 valence electrons. The molecular weight excluding hydrogens is 268 g/mol. The molecule has 0 radical (unpaired) electrons. The Morgan fingerprint density at radius 3 is 2.89 bits per heavy atom. The van der Waals surface area contributed by atoms with Crippen molar-refractivity contribution in [3.05, 3.63) is 54.6 Å². The number of nitro benzene ring substituents is 1. The summed E-state index contributed by atoms with van der Waals surface area (Å²) in [5.41, 5.74) is 1.00. The number of benzene rings is 1. The summed E-state index contributed by atoms with van der Waals surface area (Å²) >= 11 is 1.03. The second-order valence-electron chi connectivity index (χ2n) is 3.63. The SMILES string of the molecule is N#Cc1ccc(NCc2csc(=O)[nH]2)c([N+](=O)[O-])c1. The van der Waals surface area contributed by atoms with Crippen LogP contribution in [-0.4, -0.2) is 9.91 Å². The molecule has 0 unspecified atom stereocenters. The van der Waals surface area contributed by atoms with Gasteiger partial charge in [0.25, 0.3) is 5.69 Å². The number of aromatic amines is 1. The molecule has 0 spiro atoms. The monoisotopic (exact) mass is 276 g/mol. The minimum atomic E-state index is -0.556. The summed E-state index contributed by atoms with van der Waals surface area (Å²) in [6.07, 6.45) is 0. The van der Waals surface area contributed by atoms with E-state index in [1.165, 1.54) is 18.2 Å². The van der Waals surface area contributed by atoms with Crippen LogP contribution in [0.5, 0.6) is 0 Å². The smallest absolute Gasteiger partial charge is 0.304 e. The Morgan fingerprint density at radius 1 is 1.53 bits per heavy atom. The van der Waals surface area contributed by atoms with Crippen molar-refractivity contribution in [2.75, 3.05) is 5.32 Å². The Kier molecular flexibility index (Phi) is 3.58. The first kappa shape index (κ1) is 12.8. The van der Waals surface area contributed by atoms with Gasteiger partial charge in [-0.2, -0.15) is 5.26 Å². The van der Waals surface area contributed by atoms with Gasteiger partial charge in [0, 0.05) is 17.1 Å². The number of hydrogen-bond donors (Lipinski definition) is 2. The van der Waals surface area contributed by atoms with E-state index in [2.05, 4.69) is 10.3 Å². The molecule has 0 saturated heterocycles. The van der Waals surface area contributed by atoms with Gasteiger partial charge in [-0.15, -0.1) is 0 Å². The highest BCUT2D eigenvalue weighted by molar-refractivity contribution is 7.07. The van der Waals surface area contributed by atoms with Gasteiger partial charge >= 0.3 is 4.87 Å². The summed E-state index contributed by atoms with van der Waals surface area (Å²) in [6, 6.07) is 6.02. The molecule has 0 amide bonds. The lowest BCUT2D eigenvalue weighted by Gasteiger charge is -2.05. The Hall–Kier alpha value is -2.66. The number of aromatic nitrogens is 1. The third-order valence-corrected chi connectivity index (χ3v) is 3.08. The third-order valence-electron chi connectivity index (χ3n) is 2.36. The minimum absolute atomic E-state index is 0.170. The average molecular weight is 276 g/mol. The second kappa shape index (κ2) is 5.32. The summed E-state index contributed by atoms with van der Waals surface area (Å²) in [7, 11) is 0. The molecule has 2 N–H and O–H groups in total. The summed E-state index contributed by atoms with van der Waals surface area (Å²) in [4.78, 5) is 23.7. The Balaban J connectivity index is 2.22. The molecule has 0 fully saturated rings. The van der Waals surface area contributed by atoms with Gasteiger partial charge in [-0.05, 0) is 12.1 Å². The maximum atomic E-state index is 11.0. The fourth-order valence-electron chi connectivity index (χ4n) is 1.49. The minimum Gasteiger partial charge on any atom is -0.374 e. The molecule has 0 saturated carbocycles. The van der Waals surface area contributed by atoms with E-state index < -0.39 is 4.92 Å². The second-order valence-corrected chi connectivity index (χ2v) is 4.47. The molecule has 0 atom stereocenters. The van der Waals surface area contributed by atoms with Crippen LogP contribution in [0, 0.1) is 21.4 Å². The number of nitro groups is 1. The number of anilines is 1. The lowest BCUT2D eigenvalue weighted by Crippen LogP contribution is -2.05. The number of hydrogen-bond acceptors (Lipinski definition) is 6. The summed E-state index contributed by atoms with van der Waals surface area (Å²) < 4.78 is 0. The van der Waals surface area contributed by atoms with Crippen LogP contribution in [0.25, 0.3) is 0 Å². The van der Waals surface area contributed by atoms with Gasteiger partial charge in [-0.25, -0.2) is 0 Å². The van der Waals surface area contributed by atoms with Gasteiger partial charge in [0.15, 0.2) is 0 Å². The van der Waals surface area contributed by atoms with E-state index >= 15 is 0 Å². The zero-order valence-corrected chi connectivity index (χ0v) is 10.4. The van der Waals surface area contributed by atoms with Crippen molar-refractivity contribution in [1.29, 1.82) is 5.26 Å². The van der Waals surface area contributed by atoms with Gasteiger partial charge < -0.3 is 10.3 Å². The van der Waals surface area contributed by atoms with Crippen LogP contribution in [0.2, 0.25) is 0 Å². The third kappa shape index (κ3) is 2.97. The summed E-state index contributed by atoms with van der Waals surface area (Å²) in [5.74, 6) is 0. The first-order valence-electron chi connectivity index (χ1n) is 5.19. The van der Waals surface area contributed by atoms with Gasteiger partial charge in [0.2, 0.25) is 0 Å². The van der Waals surface area contributed by atoms with Crippen LogP contribution in [0.15, 0.2) is 28.4 Å². The van der Waals surface area contributed by atoms with Crippen molar-refractivity contribution >= 4 is 22.7 Å². The highest BCUT2D eigenvalue weighted by atomic mass is 32.1. The maximum absolute atomic E-state index is 11.0. The molecule has 1 aromatic heterocycles. The first-order valence-corrected chi connectivity index (χ1v) is 6.07. The molecular formula is C11H8N4O3S. The molecule has 0 aliphatic heterocycles. The fraction of sp³-hybridized carbons (Fsp3) is 0.0909. The van der Waals surface area contributed by atoms with E-state index in [4.69, 9.17) is 5.26 Å². The Labute approximate surface area is 111 Å². The van der Waals surface area contributed by atoms with E-state index in [0.717, 1.165) is 11.3 Å². The van der Waals surface area contributed by atoms with Crippen molar-refractivity contribution in [3.63, 3.8) is 0 Å². The number of nitrogens with zero attached hydrogens (tertiary/aromatic N) is 2. The molecule has 7 nitrogen and oxygen atoms in total. The Morgan fingerprint density at radius 2 is 2.32 bits per heavy atom. The van der Waals surface area contributed by atoms with Gasteiger partial charge in [-0.3, -0.25) is 14.9 Å². The molecule has 1 aromatic carbocycles. The number of nitrogens with one attached hydrogen (secondary N) is 2. The normalized spacial score (nSPS) is 9.84. The first-order chi connectivity index (χ1) is 9.10. The van der Waals surface area contributed by atoms with E-state index in [9.17, 15) is 14.9 Å². The topological polar surface area (TPSA) is 112 Å². The van der Waals surface area contributed by atoms with Crippen molar-refractivity contribution in [2.24, 2.45) is 0 Å². The van der Waals surface area contributed by atoms with Crippen molar-refractivity contribution < 1.29 is 4.92 Å². The summed E-state index contributed by atoms with van der Waals surface area (Å²) in [6.45, 7) is 0.269. The number of nitriles is 1. The molecule has 0 aliphatic rings. The van der Waals surface area contributed by atoms with Gasteiger partial charge in [0.05, 0.1) is 23.1 Å². The van der Waals surface area contributed by atoms with E-state index in [1.54, 1.807) is 5.38 Å². The van der Waals surface area contributed by atoms with E-state index in [1.807, 2.05) is 6.07 Å². The quantitative estimate of drug-likeness (QED) is 0.653. The van der Waals surface area contributed by atoms with Crippen LogP contribution < -0.4 is 10.2 Å². The fourth-order valence-corrected chi connectivity index (χ4v) is 2.07. The van der Waals surface area contributed by atoms with Crippen LogP contribution in [0.3, 0.4) is 0 Å². The van der Waals surface area contributed by atoms with E-state index in [0.29, 0.717) is 11.4 Å². The average Bonchev–Trinajstić information content (AvgIpc) is 2.82. The molecule has 2 rings (SSSR count). The van der Waals surface area contributed by atoms with Crippen LogP contribution >= 0.6 is 11.3 Å². The predicted molar refractivity (Wildman–Crippen MR) is 70.1 cm³/mol. The van der Waals surface area contributed by atoms with E-state index in [-0.39, 0.29) is 22.7 Å². The van der Waals surface area contributed by atoms with Crippen LogP contribution in [0.1, 0.15) is 11.3 Å². The zero-order chi connectivity index (χ0) is 13.8. The van der Waals surface area contributed by atoms with Crippen LogP contribution in [-0.2, 0) is 6.54 Å². The number of thiazole rings is 1.